The molecular weight excluding hydrogens is 314 g/mol. The molecule has 2 aliphatic heterocycles. The number of β-amino-alcohol motifs (C(OH)–C–C–N with tert-alkyl or cyclic N) is 1. The number of benzene rings is 1. The van der Waals surface area contributed by atoms with Gasteiger partial charge in [-0.25, -0.2) is 0 Å². The van der Waals surface area contributed by atoms with Gasteiger partial charge in [-0.1, -0.05) is 42.1 Å². The normalized spacial score (nSPS) is 24.7. The van der Waals surface area contributed by atoms with Gasteiger partial charge in [0.2, 0.25) is 5.91 Å². The van der Waals surface area contributed by atoms with Crippen LogP contribution < -0.4 is 5.73 Å². The van der Waals surface area contributed by atoms with E-state index in [-0.39, 0.29) is 24.4 Å². The number of likely N-dealkylation sites (tertiary alicyclic amines) is 1. The molecule has 0 spiro atoms. The molecule has 122 valence electrons. The second-order valence-corrected chi connectivity index (χ2v) is 6.81. The number of hydrogen-bond acceptors (Lipinski definition) is 5. The number of allylic oxidation sites excluding steroid dienone is 1. The Balaban J connectivity index is 1.89. The highest BCUT2D eigenvalue weighted by molar-refractivity contribution is 8.04. The van der Waals surface area contributed by atoms with E-state index in [0.717, 1.165) is 11.3 Å². The van der Waals surface area contributed by atoms with Crippen molar-refractivity contribution in [1.82, 2.24) is 9.80 Å². The first-order valence-electron chi connectivity index (χ1n) is 7.43. The SMILES string of the molecule is CC1=C(C(N)=O)S[C@@H](N2CC(O)CC2=O)N1Cc1ccccc1. The average Bonchev–Trinajstić information content (AvgIpc) is 3.00. The topological polar surface area (TPSA) is 86.9 Å². The summed E-state index contributed by atoms with van der Waals surface area (Å²) in [5.41, 5.74) is 6.97. The van der Waals surface area contributed by atoms with E-state index in [1.54, 1.807) is 4.90 Å². The number of hydrogen-bond donors (Lipinski definition) is 2. The minimum atomic E-state index is -0.653. The lowest BCUT2D eigenvalue weighted by atomic mass is 10.2. The maximum atomic E-state index is 12.1. The number of nitrogens with zero attached hydrogens (tertiary/aromatic N) is 2. The first-order chi connectivity index (χ1) is 11.0. The molecule has 3 N–H and O–H groups in total. The maximum absolute atomic E-state index is 12.1. The number of carbonyl (C=O) groups is 2. The molecule has 2 heterocycles. The maximum Gasteiger partial charge on any atom is 0.257 e. The van der Waals surface area contributed by atoms with Crippen molar-refractivity contribution < 1.29 is 14.7 Å². The zero-order chi connectivity index (χ0) is 16.6. The molecule has 2 atom stereocenters. The van der Waals surface area contributed by atoms with Crippen molar-refractivity contribution in [3.05, 3.63) is 46.5 Å². The van der Waals surface area contributed by atoms with Crippen LogP contribution in [0.1, 0.15) is 18.9 Å². The summed E-state index contributed by atoms with van der Waals surface area (Å²) in [4.78, 5) is 27.9. The zero-order valence-electron chi connectivity index (χ0n) is 12.8. The molecule has 2 aliphatic rings. The zero-order valence-corrected chi connectivity index (χ0v) is 13.6. The van der Waals surface area contributed by atoms with Crippen LogP contribution in [-0.2, 0) is 16.1 Å². The fourth-order valence-corrected chi connectivity index (χ4v) is 4.23. The minimum Gasteiger partial charge on any atom is -0.391 e. The second-order valence-electron chi connectivity index (χ2n) is 5.74. The van der Waals surface area contributed by atoms with Gasteiger partial charge < -0.3 is 20.6 Å². The van der Waals surface area contributed by atoms with Crippen molar-refractivity contribution in [2.24, 2.45) is 5.73 Å². The van der Waals surface area contributed by atoms with Gasteiger partial charge >= 0.3 is 0 Å². The Morgan fingerprint density at radius 3 is 2.65 bits per heavy atom. The number of aliphatic hydroxyl groups excluding tert-OH is 1. The predicted octanol–water partition coefficient (Wildman–Crippen LogP) is 0.829. The van der Waals surface area contributed by atoms with Crippen LogP contribution in [0.15, 0.2) is 40.9 Å². The molecule has 6 nitrogen and oxygen atoms in total. The lowest BCUT2D eigenvalue weighted by Gasteiger charge is -2.34. The van der Waals surface area contributed by atoms with Crippen LogP contribution in [0.4, 0.5) is 0 Å². The fourth-order valence-electron chi connectivity index (χ4n) is 2.92. The smallest absolute Gasteiger partial charge is 0.257 e. The summed E-state index contributed by atoms with van der Waals surface area (Å²) < 4.78 is 0. The molecule has 23 heavy (non-hydrogen) atoms. The highest BCUT2D eigenvalue weighted by Gasteiger charge is 2.42. The molecule has 1 fully saturated rings. The summed E-state index contributed by atoms with van der Waals surface area (Å²) >= 11 is 1.28. The van der Waals surface area contributed by atoms with Gasteiger partial charge in [-0.3, -0.25) is 9.59 Å². The molecule has 3 rings (SSSR count). The molecule has 2 amide bonds. The van der Waals surface area contributed by atoms with E-state index in [9.17, 15) is 14.7 Å². The number of rotatable bonds is 4. The van der Waals surface area contributed by atoms with Gasteiger partial charge in [0.25, 0.3) is 5.91 Å². The molecule has 1 aromatic rings. The lowest BCUT2D eigenvalue weighted by molar-refractivity contribution is -0.130. The number of nitrogens with two attached hydrogens (primary N) is 1. The molecule has 0 aliphatic carbocycles. The molecule has 0 saturated carbocycles. The highest BCUT2D eigenvalue weighted by Crippen LogP contribution is 2.41. The van der Waals surface area contributed by atoms with E-state index in [0.29, 0.717) is 11.4 Å². The number of aliphatic hydroxyl groups is 1. The van der Waals surface area contributed by atoms with Crippen molar-refractivity contribution in [2.45, 2.75) is 31.5 Å². The molecule has 1 saturated heterocycles. The Morgan fingerprint density at radius 1 is 1.39 bits per heavy atom. The van der Waals surface area contributed by atoms with Gasteiger partial charge in [0, 0.05) is 18.8 Å². The summed E-state index contributed by atoms with van der Waals surface area (Å²) in [7, 11) is 0. The van der Waals surface area contributed by atoms with Gasteiger partial charge in [-0.05, 0) is 12.5 Å². The van der Waals surface area contributed by atoms with E-state index in [2.05, 4.69) is 0 Å². The highest BCUT2D eigenvalue weighted by atomic mass is 32.2. The van der Waals surface area contributed by atoms with E-state index >= 15 is 0 Å². The minimum absolute atomic E-state index is 0.105. The van der Waals surface area contributed by atoms with E-state index < -0.39 is 12.0 Å². The van der Waals surface area contributed by atoms with Crippen molar-refractivity contribution in [3.8, 4) is 0 Å². The van der Waals surface area contributed by atoms with Gasteiger partial charge in [-0.2, -0.15) is 0 Å². The second kappa shape index (κ2) is 6.25. The van der Waals surface area contributed by atoms with Crippen LogP contribution in [-0.4, -0.2) is 44.9 Å². The number of primary amides is 1. The molecule has 1 unspecified atom stereocenters. The van der Waals surface area contributed by atoms with Gasteiger partial charge in [0.05, 0.1) is 17.4 Å². The molecular formula is C16H19N3O3S. The molecule has 0 aromatic heterocycles. The van der Waals surface area contributed by atoms with Crippen LogP contribution in [0.25, 0.3) is 0 Å². The summed E-state index contributed by atoms with van der Waals surface area (Å²) in [5.74, 6) is -0.591. The largest absolute Gasteiger partial charge is 0.391 e. The molecule has 0 radical (unpaired) electrons. The Labute approximate surface area is 138 Å². The number of carbonyl (C=O) groups excluding carboxylic acids is 2. The van der Waals surface area contributed by atoms with Crippen LogP contribution in [0.2, 0.25) is 0 Å². The standard InChI is InChI=1S/C16H19N3O3S/c1-10-14(15(17)22)23-16(19-9-12(20)7-13(19)21)18(10)8-11-5-3-2-4-6-11/h2-6,12,16,20H,7-9H2,1H3,(H2,17,22)/t12?,16-/m1/s1. The van der Waals surface area contributed by atoms with Gasteiger partial charge in [-0.15, -0.1) is 0 Å². The van der Waals surface area contributed by atoms with Crippen molar-refractivity contribution in [3.63, 3.8) is 0 Å². The van der Waals surface area contributed by atoms with Crippen LogP contribution in [0, 0.1) is 0 Å². The quantitative estimate of drug-likeness (QED) is 0.852. The predicted molar refractivity (Wildman–Crippen MR) is 87.6 cm³/mol. The van der Waals surface area contributed by atoms with Crippen molar-refractivity contribution in [2.75, 3.05) is 6.54 Å². The van der Waals surface area contributed by atoms with E-state index in [1.807, 2.05) is 42.2 Å². The van der Waals surface area contributed by atoms with Crippen LogP contribution in [0.3, 0.4) is 0 Å². The summed E-state index contributed by atoms with van der Waals surface area (Å²) in [6.07, 6.45) is -0.527. The summed E-state index contributed by atoms with van der Waals surface area (Å²) in [6.45, 7) is 2.69. The van der Waals surface area contributed by atoms with E-state index in [1.165, 1.54) is 11.8 Å². The lowest BCUT2D eigenvalue weighted by Crippen LogP contribution is -2.44. The van der Waals surface area contributed by atoms with Crippen molar-refractivity contribution >= 4 is 23.6 Å². The first-order valence-corrected chi connectivity index (χ1v) is 8.30. The van der Waals surface area contributed by atoms with Crippen molar-refractivity contribution in [1.29, 1.82) is 0 Å². The van der Waals surface area contributed by atoms with Gasteiger partial charge in [0.1, 0.15) is 0 Å². The first kappa shape index (κ1) is 15.9. The van der Waals surface area contributed by atoms with E-state index in [4.69, 9.17) is 5.73 Å². The average molecular weight is 333 g/mol. The molecule has 1 aromatic carbocycles. The molecule has 7 heteroatoms. The summed E-state index contributed by atoms with van der Waals surface area (Å²) in [6, 6.07) is 9.84. The van der Waals surface area contributed by atoms with Crippen LogP contribution >= 0.6 is 11.8 Å². The third kappa shape index (κ3) is 3.07. The Bertz CT molecular complexity index is 662. The monoisotopic (exact) mass is 333 g/mol. The summed E-state index contributed by atoms with van der Waals surface area (Å²) in [5, 5.41) is 9.75. The molecule has 0 bridgehead atoms. The number of thioether (sulfide) groups is 1. The third-order valence-electron chi connectivity index (χ3n) is 4.07. The number of amides is 2. The Kier molecular flexibility index (Phi) is 4.32. The van der Waals surface area contributed by atoms with Gasteiger partial charge in [0.15, 0.2) is 5.50 Å². The Morgan fingerprint density at radius 2 is 2.09 bits per heavy atom. The third-order valence-corrected chi connectivity index (χ3v) is 5.53. The van der Waals surface area contributed by atoms with Crippen LogP contribution in [0.5, 0.6) is 0 Å². The Hall–Kier alpha value is -1.99. The fraction of sp³-hybridized carbons (Fsp3) is 0.375.